The predicted octanol–water partition coefficient (Wildman–Crippen LogP) is 3.15. The Hall–Kier alpha value is -1.82. The van der Waals surface area contributed by atoms with Gasteiger partial charge in [-0.05, 0) is 42.9 Å². The first-order valence-electron chi connectivity index (χ1n) is 6.77. The van der Waals surface area contributed by atoms with Crippen molar-refractivity contribution in [2.45, 2.75) is 33.1 Å². The Morgan fingerprint density at radius 1 is 1.37 bits per heavy atom. The number of hydrogen-bond acceptors (Lipinski definition) is 2. The van der Waals surface area contributed by atoms with E-state index in [2.05, 4.69) is 32.0 Å². The summed E-state index contributed by atoms with van der Waals surface area (Å²) < 4.78 is 0. The van der Waals surface area contributed by atoms with Crippen LogP contribution in [0.25, 0.3) is 0 Å². The quantitative estimate of drug-likeness (QED) is 0.830. The monoisotopic (exact) mass is 256 g/mol. The average molecular weight is 256 g/mol. The van der Waals surface area contributed by atoms with E-state index in [0.29, 0.717) is 18.8 Å². The number of nitrogens with zero attached hydrogens (tertiary/aromatic N) is 2. The molecule has 1 fully saturated rings. The van der Waals surface area contributed by atoms with E-state index < -0.39 is 5.41 Å². The van der Waals surface area contributed by atoms with Crippen LogP contribution in [-0.2, 0) is 11.2 Å². The zero-order valence-electron chi connectivity index (χ0n) is 11.8. The van der Waals surface area contributed by atoms with Gasteiger partial charge in [-0.1, -0.05) is 26.0 Å². The lowest BCUT2D eigenvalue weighted by molar-refractivity contribution is -0.121. The largest absolute Gasteiger partial charge is 0.314 e. The van der Waals surface area contributed by atoms with Gasteiger partial charge in [0.2, 0.25) is 5.91 Å². The smallest absolute Gasteiger partial charge is 0.247 e. The van der Waals surface area contributed by atoms with Crippen molar-refractivity contribution in [1.82, 2.24) is 0 Å². The number of nitriles is 1. The summed E-state index contributed by atoms with van der Waals surface area (Å²) >= 11 is 0. The molecule has 0 aliphatic heterocycles. The Morgan fingerprint density at radius 2 is 1.95 bits per heavy atom. The van der Waals surface area contributed by atoms with Crippen molar-refractivity contribution >= 4 is 11.6 Å². The van der Waals surface area contributed by atoms with Crippen molar-refractivity contribution in [2.24, 2.45) is 11.3 Å². The van der Waals surface area contributed by atoms with Gasteiger partial charge in [0, 0.05) is 12.7 Å². The van der Waals surface area contributed by atoms with Crippen molar-refractivity contribution in [3.63, 3.8) is 0 Å². The van der Waals surface area contributed by atoms with E-state index in [4.69, 9.17) is 5.26 Å². The molecule has 1 aromatic carbocycles. The van der Waals surface area contributed by atoms with E-state index in [-0.39, 0.29) is 5.91 Å². The minimum atomic E-state index is -0.745. The van der Waals surface area contributed by atoms with Gasteiger partial charge in [0.1, 0.15) is 5.41 Å². The lowest BCUT2D eigenvalue weighted by Crippen LogP contribution is -2.33. The number of rotatable bonds is 4. The molecule has 1 aliphatic carbocycles. The number of anilines is 1. The average Bonchev–Trinajstić information content (AvgIpc) is 3.18. The van der Waals surface area contributed by atoms with Gasteiger partial charge in [-0.15, -0.1) is 0 Å². The molecular weight excluding hydrogens is 236 g/mol. The van der Waals surface area contributed by atoms with Gasteiger partial charge in [0.05, 0.1) is 6.07 Å². The molecule has 0 radical (unpaired) electrons. The van der Waals surface area contributed by atoms with Crippen molar-refractivity contribution in [2.75, 3.05) is 11.9 Å². The maximum atomic E-state index is 12.2. The second-order valence-corrected chi connectivity index (χ2v) is 5.82. The van der Waals surface area contributed by atoms with Gasteiger partial charge in [0.15, 0.2) is 0 Å². The van der Waals surface area contributed by atoms with Gasteiger partial charge in [0.25, 0.3) is 0 Å². The van der Waals surface area contributed by atoms with Crippen LogP contribution in [0.4, 0.5) is 5.69 Å². The van der Waals surface area contributed by atoms with Crippen LogP contribution in [0.5, 0.6) is 0 Å². The lowest BCUT2D eigenvalue weighted by atomic mass is 10.0. The summed E-state index contributed by atoms with van der Waals surface area (Å²) in [6.45, 7) is 4.38. The molecule has 1 amide bonds. The SMILES string of the molecule is CC(C)Cc1ccc(N(C)C(=O)C2(C#N)CC2)cc1. The summed E-state index contributed by atoms with van der Waals surface area (Å²) in [6.07, 6.45) is 2.43. The lowest BCUT2D eigenvalue weighted by Gasteiger charge is -2.20. The molecule has 2 rings (SSSR count). The molecule has 0 spiro atoms. The summed E-state index contributed by atoms with van der Waals surface area (Å²) in [5, 5.41) is 9.07. The van der Waals surface area contributed by atoms with Gasteiger partial charge in [-0.2, -0.15) is 5.26 Å². The highest BCUT2D eigenvalue weighted by atomic mass is 16.2. The fourth-order valence-electron chi connectivity index (χ4n) is 2.26. The molecule has 3 nitrogen and oxygen atoms in total. The Bertz CT molecular complexity index is 507. The number of carbonyl (C=O) groups excluding carboxylic acids is 1. The first kappa shape index (κ1) is 13.6. The number of carbonyl (C=O) groups is 1. The third-order valence-corrected chi connectivity index (χ3v) is 3.65. The van der Waals surface area contributed by atoms with E-state index >= 15 is 0 Å². The van der Waals surface area contributed by atoms with Crippen LogP contribution in [0.2, 0.25) is 0 Å². The third-order valence-electron chi connectivity index (χ3n) is 3.65. The molecule has 19 heavy (non-hydrogen) atoms. The summed E-state index contributed by atoms with van der Waals surface area (Å²) in [6, 6.07) is 10.2. The molecule has 0 saturated heterocycles. The van der Waals surface area contributed by atoms with E-state index in [9.17, 15) is 4.79 Å². The molecule has 0 heterocycles. The van der Waals surface area contributed by atoms with Crippen molar-refractivity contribution in [3.05, 3.63) is 29.8 Å². The van der Waals surface area contributed by atoms with Crippen LogP contribution in [-0.4, -0.2) is 13.0 Å². The summed E-state index contributed by atoms with van der Waals surface area (Å²) in [5.74, 6) is 0.546. The van der Waals surface area contributed by atoms with Gasteiger partial charge >= 0.3 is 0 Å². The molecule has 1 aliphatic rings. The Balaban J connectivity index is 2.10. The molecule has 0 bridgehead atoms. The van der Waals surface area contributed by atoms with Gasteiger partial charge in [-0.25, -0.2) is 0 Å². The summed E-state index contributed by atoms with van der Waals surface area (Å²) in [4.78, 5) is 13.8. The van der Waals surface area contributed by atoms with Gasteiger partial charge < -0.3 is 4.90 Å². The molecule has 3 heteroatoms. The molecule has 100 valence electrons. The van der Waals surface area contributed by atoms with Crippen LogP contribution in [0.15, 0.2) is 24.3 Å². The van der Waals surface area contributed by atoms with Crippen molar-refractivity contribution in [1.29, 1.82) is 5.26 Å². The van der Waals surface area contributed by atoms with E-state index in [1.54, 1.807) is 11.9 Å². The molecule has 0 unspecified atom stereocenters. The standard InChI is InChI=1S/C16H20N2O/c1-12(2)10-13-4-6-14(7-5-13)18(3)15(19)16(11-17)8-9-16/h4-7,12H,8-10H2,1-3H3. The van der Waals surface area contributed by atoms with Crippen LogP contribution in [0.3, 0.4) is 0 Å². The summed E-state index contributed by atoms with van der Waals surface area (Å²) in [5.41, 5.74) is 1.39. The molecule has 1 saturated carbocycles. The topological polar surface area (TPSA) is 44.1 Å². The maximum Gasteiger partial charge on any atom is 0.247 e. The second kappa shape index (κ2) is 5.05. The summed E-state index contributed by atoms with van der Waals surface area (Å²) in [7, 11) is 1.75. The molecular formula is C16H20N2O. The zero-order chi connectivity index (χ0) is 14.0. The van der Waals surface area contributed by atoms with Crippen LogP contribution in [0.1, 0.15) is 32.3 Å². The molecule has 0 N–H and O–H groups in total. The molecule has 0 aromatic heterocycles. The van der Waals surface area contributed by atoms with Crippen molar-refractivity contribution in [3.8, 4) is 6.07 Å². The fourth-order valence-corrected chi connectivity index (χ4v) is 2.26. The van der Waals surface area contributed by atoms with Crippen molar-refractivity contribution < 1.29 is 4.79 Å². The normalized spacial score (nSPS) is 15.9. The Kier molecular flexibility index (Phi) is 3.61. The number of benzene rings is 1. The highest BCUT2D eigenvalue weighted by molar-refractivity contribution is 6.00. The number of amides is 1. The molecule has 1 aromatic rings. The van der Waals surface area contributed by atoms with Gasteiger partial charge in [-0.3, -0.25) is 4.79 Å². The van der Waals surface area contributed by atoms with E-state index in [1.165, 1.54) is 5.56 Å². The first-order chi connectivity index (χ1) is 8.98. The number of hydrogen-bond donors (Lipinski definition) is 0. The third kappa shape index (κ3) is 2.78. The Labute approximate surface area is 114 Å². The second-order valence-electron chi connectivity index (χ2n) is 5.82. The van der Waals surface area contributed by atoms with E-state index in [1.807, 2.05) is 12.1 Å². The molecule has 0 atom stereocenters. The maximum absolute atomic E-state index is 12.2. The Morgan fingerprint density at radius 3 is 2.37 bits per heavy atom. The van der Waals surface area contributed by atoms with Crippen LogP contribution in [0, 0.1) is 22.7 Å². The zero-order valence-corrected chi connectivity index (χ0v) is 11.8. The minimum Gasteiger partial charge on any atom is -0.314 e. The van der Waals surface area contributed by atoms with Crippen LogP contribution < -0.4 is 4.90 Å². The van der Waals surface area contributed by atoms with E-state index in [0.717, 1.165) is 12.1 Å². The fraction of sp³-hybridized carbons (Fsp3) is 0.500. The highest BCUT2D eigenvalue weighted by Crippen LogP contribution is 2.46. The minimum absolute atomic E-state index is 0.0772. The predicted molar refractivity (Wildman–Crippen MR) is 75.7 cm³/mol. The highest BCUT2D eigenvalue weighted by Gasteiger charge is 2.52. The first-order valence-corrected chi connectivity index (χ1v) is 6.77. The van der Waals surface area contributed by atoms with Crippen LogP contribution >= 0.6 is 0 Å².